The van der Waals surface area contributed by atoms with Gasteiger partial charge in [-0.05, 0) is 49.1 Å². The van der Waals surface area contributed by atoms with Crippen molar-refractivity contribution in [3.05, 3.63) is 75.0 Å². The highest BCUT2D eigenvalue weighted by Gasteiger charge is 2.63. The van der Waals surface area contributed by atoms with Crippen molar-refractivity contribution >= 4 is 52.4 Å². The fourth-order valence-corrected chi connectivity index (χ4v) is 6.83. The number of fused-ring (bicyclic) bond motifs is 4. The average Bonchev–Trinajstić information content (AvgIpc) is 3.62. The van der Waals surface area contributed by atoms with Crippen LogP contribution in [0.5, 0.6) is 0 Å². The van der Waals surface area contributed by atoms with Crippen LogP contribution in [0, 0.1) is 0 Å². The SMILES string of the molecule is CC(C)c1c2c(nn1CC1CCCN1C(=O)N(C)C)C(=O)N(c1cccc(Cl)c1)C21C(=O)Nc2cc(Cl)ccc21. The minimum absolute atomic E-state index is 0.0473. The molecule has 2 aromatic carbocycles. The van der Waals surface area contributed by atoms with Gasteiger partial charge in [0.05, 0.1) is 12.6 Å². The van der Waals surface area contributed by atoms with Crippen molar-refractivity contribution in [2.75, 3.05) is 30.9 Å². The molecule has 1 saturated heterocycles. The fourth-order valence-electron chi connectivity index (χ4n) is 6.48. The van der Waals surface area contributed by atoms with E-state index >= 15 is 0 Å². The molecule has 1 fully saturated rings. The number of likely N-dealkylation sites (tertiary alicyclic amines) is 1. The molecule has 4 amide bonds. The number of carbonyl (C=O) groups is 3. The summed E-state index contributed by atoms with van der Waals surface area (Å²) in [5, 5.41) is 8.77. The van der Waals surface area contributed by atoms with E-state index in [1.807, 2.05) is 23.4 Å². The van der Waals surface area contributed by atoms with Crippen LogP contribution in [0.2, 0.25) is 10.0 Å². The van der Waals surface area contributed by atoms with Gasteiger partial charge in [-0.2, -0.15) is 5.10 Å². The lowest BCUT2D eigenvalue weighted by molar-refractivity contribution is -0.119. The molecule has 0 radical (unpaired) electrons. The van der Waals surface area contributed by atoms with Crippen molar-refractivity contribution < 1.29 is 14.4 Å². The van der Waals surface area contributed by atoms with E-state index in [0.29, 0.717) is 45.6 Å². The molecule has 3 aliphatic heterocycles. The number of nitrogens with one attached hydrogen (secondary N) is 1. The second-order valence-electron chi connectivity index (χ2n) is 11.1. The van der Waals surface area contributed by atoms with Crippen molar-refractivity contribution in [2.45, 2.75) is 50.7 Å². The lowest BCUT2D eigenvalue weighted by atomic mass is 9.81. The molecule has 9 nitrogen and oxygen atoms in total. The van der Waals surface area contributed by atoms with Crippen LogP contribution in [-0.2, 0) is 16.9 Å². The van der Waals surface area contributed by atoms with Gasteiger partial charge in [0.2, 0.25) is 0 Å². The van der Waals surface area contributed by atoms with Crippen molar-refractivity contribution in [3.63, 3.8) is 0 Å². The van der Waals surface area contributed by atoms with Gasteiger partial charge in [-0.15, -0.1) is 0 Å². The number of carbonyl (C=O) groups excluding carboxylic acids is 3. The molecule has 3 aromatic rings. The zero-order valence-corrected chi connectivity index (χ0v) is 24.3. The molecule has 208 valence electrons. The van der Waals surface area contributed by atoms with Crippen LogP contribution < -0.4 is 10.2 Å². The zero-order valence-electron chi connectivity index (χ0n) is 22.7. The Bertz CT molecular complexity index is 1570. The Morgan fingerprint density at radius 2 is 1.90 bits per heavy atom. The van der Waals surface area contributed by atoms with E-state index in [2.05, 4.69) is 5.32 Å². The van der Waals surface area contributed by atoms with E-state index < -0.39 is 5.54 Å². The number of rotatable bonds is 4. The molecule has 0 bridgehead atoms. The van der Waals surface area contributed by atoms with Crippen LogP contribution in [0.4, 0.5) is 16.2 Å². The molecule has 0 saturated carbocycles. The van der Waals surface area contributed by atoms with Gasteiger partial charge in [0, 0.05) is 58.9 Å². The molecule has 4 heterocycles. The van der Waals surface area contributed by atoms with Crippen molar-refractivity contribution in [1.82, 2.24) is 19.6 Å². The third-order valence-corrected chi connectivity index (χ3v) is 8.52. The Hall–Kier alpha value is -3.56. The average molecular weight is 582 g/mol. The van der Waals surface area contributed by atoms with Crippen LogP contribution in [0.25, 0.3) is 0 Å². The van der Waals surface area contributed by atoms with Gasteiger partial charge in [0.25, 0.3) is 11.8 Å². The molecule has 6 rings (SSSR count). The van der Waals surface area contributed by atoms with E-state index in [1.165, 1.54) is 4.90 Å². The first-order valence-corrected chi connectivity index (χ1v) is 14.1. The third-order valence-electron chi connectivity index (χ3n) is 8.05. The molecular weight excluding hydrogens is 551 g/mol. The van der Waals surface area contributed by atoms with Gasteiger partial charge in [-0.3, -0.25) is 19.2 Å². The largest absolute Gasteiger partial charge is 0.331 e. The molecule has 2 atom stereocenters. The fraction of sp³-hybridized carbons (Fsp3) is 0.379. The standard InChI is InChI=1S/C29H30Cl2N6O3/c1-16(2)25-23-24(33-36(25)15-20-9-6-12-35(20)28(40)34(3)4)26(38)37(19-8-5-7-17(30)13-19)29(23)21-11-10-18(31)14-22(21)32-27(29)39/h5,7-8,10-11,13-14,16,20H,6,9,12,15H2,1-4H3,(H,32,39). The van der Waals surface area contributed by atoms with E-state index in [4.69, 9.17) is 28.3 Å². The van der Waals surface area contributed by atoms with Gasteiger partial charge in [0.1, 0.15) is 0 Å². The summed E-state index contributed by atoms with van der Waals surface area (Å²) in [6.45, 7) is 5.15. The number of aromatic nitrogens is 2. The van der Waals surface area contributed by atoms with Crippen LogP contribution >= 0.6 is 23.2 Å². The number of urea groups is 1. The van der Waals surface area contributed by atoms with Gasteiger partial charge >= 0.3 is 6.03 Å². The van der Waals surface area contributed by atoms with Gasteiger partial charge in [0.15, 0.2) is 11.2 Å². The normalized spacial score (nSPS) is 21.4. The topological polar surface area (TPSA) is 90.8 Å². The molecule has 1 spiro atoms. The number of hydrogen-bond donors (Lipinski definition) is 1. The first kappa shape index (κ1) is 26.7. The Balaban J connectivity index is 1.57. The maximum absolute atomic E-state index is 14.3. The predicted molar refractivity (Wildman–Crippen MR) is 154 cm³/mol. The summed E-state index contributed by atoms with van der Waals surface area (Å²) in [6.07, 6.45) is 1.72. The number of anilines is 2. The highest BCUT2D eigenvalue weighted by atomic mass is 35.5. The predicted octanol–water partition coefficient (Wildman–Crippen LogP) is 5.32. The molecular formula is C29H30Cl2N6O3. The Morgan fingerprint density at radius 1 is 1.15 bits per heavy atom. The monoisotopic (exact) mass is 580 g/mol. The summed E-state index contributed by atoms with van der Waals surface area (Å²) in [4.78, 5) is 46.4. The van der Waals surface area contributed by atoms with Crippen molar-refractivity contribution in [1.29, 1.82) is 0 Å². The van der Waals surface area contributed by atoms with Gasteiger partial charge < -0.3 is 15.1 Å². The van der Waals surface area contributed by atoms with E-state index in [9.17, 15) is 14.4 Å². The summed E-state index contributed by atoms with van der Waals surface area (Å²) in [6, 6.07) is 12.0. The summed E-state index contributed by atoms with van der Waals surface area (Å²) >= 11 is 12.7. The highest BCUT2D eigenvalue weighted by molar-refractivity contribution is 6.32. The van der Waals surface area contributed by atoms with Gasteiger partial charge in [-0.1, -0.05) is 49.2 Å². The van der Waals surface area contributed by atoms with E-state index in [-0.39, 0.29) is 35.5 Å². The number of halogens is 2. The minimum atomic E-state index is -1.50. The molecule has 0 aliphatic carbocycles. The molecule has 1 aromatic heterocycles. The summed E-state index contributed by atoms with van der Waals surface area (Å²) in [5.41, 5.74) is 1.75. The zero-order chi connectivity index (χ0) is 28.5. The van der Waals surface area contributed by atoms with Crippen LogP contribution in [0.3, 0.4) is 0 Å². The summed E-state index contributed by atoms with van der Waals surface area (Å²) in [5.74, 6) is -0.823. The first-order chi connectivity index (χ1) is 19.0. The van der Waals surface area contributed by atoms with Crippen molar-refractivity contribution in [2.24, 2.45) is 0 Å². The summed E-state index contributed by atoms with van der Waals surface area (Å²) < 4.78 is 1.84. The quantitative estimate of drug-likeness (QED) is 0.452. The molecule has 40 heavy (non-hydrogen) atoms. The second-order valence-corrected chi connectivity index (χ2v) is 12.0. The Morgan fingerprint density at radius 3 is 2.60 bits per heavy atom. The molecule has 11 heteroatoms. The van der Waals surface area contributed by atoms with Crippen LogP contribution in [-0.4, -0.2) is 64.1 Å². The number of hydrogen-bond acceptors (Lipinski definition) is 4. The van der Waals surface area contributed by atoms with Crippen molar-refractivity contribution in [3.8, 4) is 0 Å². The second kappa shape index (κ2) is 9.52. The number of benzene rings is 2. The number of nitrogens with zero attached hydrogens (tertiary/aromatic N) is 5. The lowest BCUT2D eigenvalue weighted by Crippen LogP contribution is -2.51. The van der Waals surface area contributed by atoms with Crippen LogP contribution in [0.15, 0.2) is 42.5 Å². The first-order valence-electron chi connectivity index (χ1n) is 13.4. The smallest absolute Gasteiger partial charge is 0.319 e. The number of amides is 4. The van der Waals surface area contributed by atoms with Crippen LogP contribution in [0.1, 0.15) is 59.9 Å². The minimum Gasteiger partial charge on any atom is -0.331 e. The maximum Gasteiger partial charge on any atom is 0.319 e. The highest BCUT2D eigenvalue weighted by Crippen LogP contribution is 2.55. The van der Waals surface area contributed by atoms with E-state index in [1.54, 1.807) is 61.5 Å². The summed E-state index contributed by atoms with van der Waals surface area (Å²) in [7, 11) is 3.49. The molecule has 1 N–H and O–H groups in total. The van der Waals surface area contributed by atoms with E-state index in [0.717, 1.165) is 18.5 Å². The maximum atomic E-state index is 14.3. The molecule has 2 unspecified atom stereocenters. The third kappa shape index (κ3) is 3.74. The lowest BCUT2D eigenvalue weighted by Gasteiger charge is -2.35. The molecule has 3 aliphatic rings. The van der Waals surface area contributed by atoms with Gasteiger partial charge in [-0.25, -0.2) is 4.79 Å². The Kier molecular flexibility index (Phi) is 6.34. The Labute approximate surface area is 242 Å².